The first-order valence-electron chi connectivity index (χ1n) is 5.76. The second-order valence-corrected chi connectivity index (χ2v) is 5.53. The molecule has 2 N–H and O–H groups in total. The van der Waals surface area contributed by atoms with E-state index in [9.17, 15) is 8.78 Å². The largest absolute Gasteiger partial charge is 0.456 e. The van der Waals surface area contributed by atoms with Gasteiger partial charge in [-0.1, -0.05) is 11.6 Å². The third kappa shape index (κ3) is 3.29. The third-order valence-corrected chi connectivity index (χ3v) is 3.57. The number of hydrogen-bond donors (Lipinski definition) is 1. The molecule has 106 valence electrons. The Morgan fingerprint density at radius 2 is 1.90 bits per heavy atom. The Kier molecular flexibility index (Phi) is 4.62. The lowest BCUT2D eigenvalue weighted by atomic mass is 10.1. The average Bonchev–Trinajstić information content (AvgIpc) is 2.37. The molecule has 0 aliphatic heterocycles. The van der Waals surface area contributed by atoms with E-state index in [4.69, 9.17) is 22.1 Å². The molecule has 2 nitrogen and oxygen atoms in total. The van der Waals surface area contributed by atoms with Gasteiger partial charge < -0.3 is 10.5 Å². The van der Waals surface area contributed by atoms with Crippen molar-refractivity contribution in [2.45, 2.75) is 13.0 Å². The minimum absolute atomic E-state index is 0.0178. The maximum absolute atomic E-state index is 13.5. The summed E-state index contributed by atoms with van der Waals surface area (Å²) in [6, 6.07) is 6.12. The molecule has 6 heteroatoms. The Bertz CT molecular complexity index is 649. The first-order chi connectivity index (χ1) is 9.38. The van der Waals surface area contributed by atoms with Crippen LogP contribution in [0.1, 0.15) is 18.5 Å². The summed E-state index contributed by atoms with van der Waals surface area (Å²) in [5.74, 6) is -0.412. The van der Waals surface area contributed by atoms with Gasteiger partial charge in [-0.15, -0.1) is 0 Å². The molecular weight excluding hydrogens is 352 g/mol. The molecule has 0 radical (unpaired) electrons. The quantitative estimate of drug-likeness (QED) is 0.762. The first kappa shape index (κ1) is 15.2. The molecular formula is C14H11BrClF2NO. The molecule has 0 heterocycles. The van der Waals surface area contributed by atoms with Gasteiger partial charge in [0.2, 0.25) is 0 Å². The van der Waals surface area contributed by atoms with E-state index in [0.29, 0.717) is 15.8 Å². The predicted octanol–water partition coefficient (Wildman–Crippen LogP) is 5.19. The van der Waals surface area contributed by atoms with E-state index in [1.54, 1.807) is 6.92 Å². The molecule has 0 bridgehead atoms. The van der Waals surface area contributed by atoms with Crippen LogP contribution in [0.25, 0.3) is 0 Å². The second kappa shape index (κ2) is 6.08. The lowest BCUT2D eigenvalue weighted by Crippen LogP contribution is -2.07. The van der Waals surface area contributed by atoms with Crippen LogP contribution >= 0.6 is 27.5 Å². The van der Waals surface area contributed by atoms with Crippen molar-refractivity contribution in [2.24, 2.45) is 5.73 Å². The third-order valence-electron chi connectivity index (χ3n) is 2.66. The van der Waals surface area contributed by atoms with Crippen LogP contribution in [-0.2, 0) is 0 Å². The number of nitrogens with two attached hydrogens (primary N) is 1. The molecule has 20 heavy (non-hydrogen) atoms. The van der Waals surface area contributed by atoms with Gasteiger partial charge >= 0.3 is 0 Å². The molecule has 0 saturated carbocycles. The molecule has 0 aliphatic carbocycles. The van der Waals surface area contributed by atoms with E-state index in [-0.39, 0.29) is 10.8 Å². The van der Waals surface area contributed by atoms with Crippen LogP contribution in [0.4, 0.5) is 8.78 Å². The fourth-order valence-electron chi connectivity index (χ4n) is 1.67. The van der Waals surface area contributed by atoms with Crippen molar-refractivity contribution in [3.8, 4) is 11.5 Å². The van der Waals surface area contributed by atoms with Crippen LogP contribution in [0.3, 0.4) is 0 Å². The fourth-order valence-corrected chi connectivity index (χ4v) is 2.39. The highest BCUT2D eigenvalue weighted by atomic mass is 79.9. The Hall–Kier alpha value is -1.17. The van der Waals surface area contributed by atoms with Gasteiger partial charge in [0.25, 0.3) is 0 Å². The second-order valence-electron chi connectivity index (χ2n) is 4.27. The normalized spacial score (nSPS) is 12.3. The highest BCUT2D eigenvalue weighted by molar-refractivity contribution is 9.10. The monoisotopic (exact) mass is 361 g/mol. The maximum Gasteiger partial charge on any atom is 0.145 e. The molecule has 0 unspecified atom stereocenters. The van der Waals surface area contributed by atoms with Gasteiger partial charge in [0.1, 0.15) is 23.1 Å². The van der Waals surface area contributed by atoms with Gasteiger partial charge in [-0.3, -0.25) is 0 Å². The van der Waals surface area contributed by atoms with Crippen LogP contribution in [0.15, 0.2) is 34.8 Å². The fraction of sp³-hybridized carbons (Fsp3) is 0.143. The van der Waals surface area contributed by atoms with Gasteiger partial charge in [0.15, 0.2) is 0 Å². The van der Waals surface area contributed by atoms with Crippen LogP contribution < -0.4 is 10.5 Å². The van der Waals surface area contributed by atoms with E-state index in [1.165, 1.54) is 24.3 Å². The summed E-state index contributed by atoms with van der Waals surface area (Å²) in [5.41, 5.74) is 6.27. The van der Waals surface area contributed by atoms with E-state index in [1.807, 2.05) is 0 Å². The summed E-state index contributed by atoms with van der Waals surface area (Å²) in [6.45, 7) is 1.71. The van der Waals surface area contributed by atoms with Crippen molar-refractivity contribution in [1.29, 1.82) is 0 Å². The number of benzene rings is 2. The van der Waals surface area contributed by atoms with E-state index in [2.05, 4.69) is 15.9 Å². The standard InChI is InChI=1S/C14H11BrClF2NO/c1-7(19)9-4-8(17)2-3-13(9)20-14-6-12(18)11(16)5-10(14)15/h2-7H,19H2,1H3/t7-/m1/s1. The number of ether oxygens (including phenoxy) is 1. The molecule has 0 spiro atoms. The summed E-state index contributed by atoms with van der Waals surface area (Å²) in [6.07, 6.45) is 0. The highest BCUT2D eigenvalue weighted by Gasteiger charge is 2.14. The molecule has 0 amide bonds. The van der Waals surface area contributed by atoms with E-state index < -0.39 is 17.7 Å². The number of hydrogen-bond acceptors (Lipinski definition) is 2. The zero-order valence-electron chi connectivity index (χ0n) is 10.5. The van der Waals surface area contributed by atoms with Crippen molar-refractivity contribution in [2.75, 3.05) is 0 Å². The minimum Gasteiger partial charge on any atom is -0.456 e. The van der Waals surface area contributed by atoms with Gasteiger partial charge in [-0.25, -0.2) is 8.78 Å². The lowest BCUT2D eigenvalue weighted by molar-refractivity contribution is 0.461. The zero-order chi connectivity index (χ0) is 14.9. The zero-order valence-corrected chi connectivity index (χ0v) is 12.8. The maximum atomic E-state index is 13.5. The Morgan fingerprint density at radius 1 is 1.20 bits per heavy atom. The van der Waals surface area contributed by atoms with Crippen molar-refractivity contribution in [3.05, 3.63) is 57.0 Å². The first-order valence-corrected chi connectivity index (χ1v) is 6.93. The van der Waals surface area contributed by atoms with E-state index in [0.717, 1.165) is 6.07 Å². The molecule has 0 saturated heterocycles. The Labute approximate surface area is 128 Å². The van der Waals surface area contributed by atoms with Gasteiger partial charge in [0.05, 0.1) is 9.50 Å². The smallest absolute Gasteiger partial charge is 0.145 e. The molecule has 2 aromatic rings. The number of halogens is 4. The molecule has 2 aromatic carbocycles. The lowest BCUT2D eigenvalue weighted by Gasteiger charge is -2.15. The van der Waals surface area contributed by atoms with E-state index >= 15 is 0 Å². The van der Waals surface area contributed by atoms with Crippen LogP contribution in [0.5, 0.6) is 11.5 Å². The summed E-state index contributed by atoms with van der Waals surface area (Å²) >= 11 is 8.89. The SMILES string of the molecule is C[C@@H](N)c1cc(F)ccc1Oc1cc(F)c(Cl)cc1Br. The van der Waals surface area contributed by atoms with Crippen LogP contribution in [0.2, 0.25) is 5.02 Å². The number of rotatable bonds is 3. The average molecular weight is 363 g/mol. The molecule has 0 aromatic heterocycles. The van der Waals surface area contributed by atoms with Gasteiger partial charge in [-0.05, 0) is 47.1 Å². The minimum atomic E-state index is -0.602. The molecule has 2 rings (SSSR count). The van der Waals surface area contributed by atoms with Gasteiger partial charge in [-0.2, -0.15) is 0 Å². The predicted molar refractivity (Wildman–Crippen MR) is 78.2 cm³/mol. The molecule has 0 aliphatic rings. The summed E-state index contributed by atoms with van der Waals surface area (Å²) in [4.78, 5) is 0. The molecule has 1 atom stereocenters. The summed E-state index contributed by atoms with van der Waals surface area (Å²) < 4.78 is 32.8. The van der Waals surface area contributed by atoms with Crippen molar-refractivity contribution in [3.63, 3.8) is 0 Å². The van der Waals surface area contributed by atoms with Gasteiger partial charge in [0, 0.05) is 17.7 Å². The van der Waals surface area contributed by atoms with Crippen LogP contribution in [-0.4, -0.2) is 0 Å². The topological polar surface area (TPSA) is 35.2 Å². The Balaban J connectivity index is 2.42. The summed E-state index contributed by atoms with van der Waals surface area (Å²) in [5, 5.41) is -0.0178. The van der Waals surface area contributed by atoms with Crippen LogP contribution in [0, 0.1) is 11.6 Å². The highest BCUT2D eigenvalue weighted by Crippen LogP contribution is 2.36. The Morgan fingerprint density at radius 3 is 2.55 bits per heavy atom. The van der Waals surface area contributed by atoms with Crippen molar-refractivity contribution < 1.29 is 13.5 Å². The van der Waals surface area contributed by atoms with Crippen molar-refractivity contribution >= 4 is 27.5 Å². The van der Waals surface area contributed by atoms with Crippen molar-refractivity contribution in [1.82, 2.24) is 0 Å². The molecule has 0 fully saturated rings. The summed E-state index contributed by atoms with van der Waals surface area (Å²) in [7, 11) is 0.